The molecule has 1 aromatic carbocycles. The molecule has 0 saturated carbocycles. The third-order valence-electron chi connectivity index (χ3n) is 4.58. The van der Waals surface area contributed by atoms with Crippen molar-refractivity contribution < 1.29 is 23.1 Å². The van der Waals surface area contributed by atoms with Gasteiger partial charge in [-0.05, 0) is 25.1 Å². The Morgan fingerprint density at radius 3 is 2.59 bits per heavy atom. The standard InChI is InChI=1S/C19H19F2N3O3/c1-10-15-12(18(26)27-4)8-24(9-19(2,3)16(15)23-22-10)17(25)11-5-6-13(20)14(21)7-11/h5-8H,9H2,1-4H3,(H,22,23). The van der Waals surface area contributed by atoms with Crippen LogP contribution in [0.2, 0.25) is 0 Å². The largest absolute Gasteiger partial charge is 0.465 e. The monoisotopic (exact) mass is 375 g/mol. The molecule has 6 nitrogen and oxygen atoms in total. The summed E-state index contributed by atoms with van der Waals surface area (Å²) in [7, 11) is 1.25. The molecule has 1 aromatic heterocycles. The van der Waals surface area contributed by atoms with Crippen molar-refractivity contribution in [1.82, 2.24) is 15.1 Å². The maximum atomic E-state index is 13.6. The highest BCUT2D eigenvalue weighted by Crippen LogP contribution is 2.36. The van der Waals surface area contributed by atoms with Gasteiger partial charge in [-0.3, -0.25) is 9.89 Å². The Labute approximate surface area is 154 Å². The van der Waals surface area contributed by atoms with Crippen LogP contribution >= 0.6 is 0 Å². The van der Waals surface area contributed by atoms with Gasteiger partial charge in [0.15, 0.2) is 11.6 Å². The second-order valence-corrected chi connectivity index (χ2v) is 7.04. The van der Waals surface area contributed by atoms with E-state index >= 15 is 0 Å². The minimum Gasteiger partial charge on any atom is -0.465 e. The first kappa shape index (κ1) is 18.8. The molecule has 3 rings (SSSR count). The molecule has 1 N–H and O–H groups in total. The summed E-state index contributed by atoms with van der Waals surface area (Å²) < 4.78 is 31.6. The lowest BCUT2D eigenvalue weighted by atomic mass is 9.85. The quantitative estimate of drug-likeness (QED) is 0.819. The van der Waals surface area contributed by atoms with Gasteiger partial charge in [0.05, 0.1) is 24.1 Å². The first-order valence-corrected chi connectivity index (χ1v) is 8.27. The van der Waals surface area contributed by atoms with Crippen molar-refractivity contribution in [3.8, 4) is 0 Å². The van der Waals surface area contributed by atoms with Gasteiger partial charge in [0.25, 0.3) is 5.91 Å². The minimum absolute atomic E-state index is 0.0226. The van der Waals surface area contributed by atoms with Crippen LogP contribution in [0.5, 0.6) is 0 Å². The van der Waals surface area contributed by atoms with Crippen LogP contribution in [0.1, 0.15) is 41.2 Å². The van der Waals surface area contributed by atoms with E-state index in [0.29, 0.717) is 17.0 Å². The summed E-state index contributed by atoms with van der Waals surface area (Å²) in [4.78, 5) is 26.6. The number of aromatic nitrogens is 2. The maximum absolute atomic E-state index is 13.6. The molecule has 0 saturated heterocycles. The van der Waals surface area contributed by atoms with E-state index < -0.39 is 28.9 Å². The lowest BCUT2D eigenvalue weighted by Crippen LogP contribution is -2.37. The predicted molar refractivity (Wildman–Crippen MR) is 93.7 cm³/mol. The van der Waals surface area contributed by atoms with Crippen LogP contribution < -0.4 is 0 Å². The van der Waals surface area contributed by atoms with Crippen LogP contribution in [0.25, 0.3) is 5.57 Å². The number of aromatic amines is 1. The van der Waals surface area contributed by atoms with E-state index in [0.717, 1.165) is 12.1 Å². The van der Waals surface area contributed by atoms with Crippen molar-refractivity contribution >= 4 is 17.4 Å². The van der Waals surface area contributed by atoms with Crippen molar-refractivity contribution in [2.45, 2.75) is 26.2 Å². The SMILES string of the molecule is COC(=O)C1=CN(C(=O)c2ccc(F)c(F)c2)CC(C)(C)c2[nH]nc(C)c21. The van der Waals surface area contributed by atoms with E-state index in [9.17, 15) is 18.4 Å². The molecule has 1 amide bonds. The van der Waals surface area contributed by atoms with Gasteiger partial charge in [0.1, 0.15) is 0 Å². The van der Waals surface area contributed by atoms with Crippen LogP contribution in [0.3, 0.4) is 0 Å². The molecule has 2 heterocycles. The second kappa shape index (κ2) is 6.61. The molecule has 8 heteroatoms. The molecule has 0 atom stereocenters. The molecule has 0 spiro atoms. The number of H-pyrrole nitrogens is 1. The highest BCUT2D eigenvalue weighted by molar-refractivity contribution is 6.18. The van der Waals surface area contributed by atoms with Gasteiger partial charge in [0, 0.05) is 29.3 Å². The summed E-state index contributed by atoms with van der Waals surface area (Å²) in [5, 5.41) is 7.12. The van der Waals surface area contributed by atoms with Crippen LogP contribution in [-0.2, 0) is 14.9 Å². The van der Waals surface area contributed by atoms with E-state index in [4.69, 9.17) is 4.74 Å². The molecular weight excluding hydrogens is 356 g/mol. The van der Waals surface area contributed by atoms with Crippen LogP contribution in [0.15, 0.2) is 24.4 Å². The maximum Gasteiger partial charge on any atom is 0.340 e. The van der Waals surface area contributed by atoms with Crippen molar-refractivity contribution in [1.29, 1.82) is 0 Å². The Morgan fingerprint density at radius 2 is 1.96 bits per heavy atom. The molecule has 1 aliphatic heterocycles. The molecule has 0 unspecified atom stereocenters. The van der Waals surface area contributed by atoms with E-state index in [2.05, 4.69) is 10.2 Å². The summed E-state index contributed by atoms with van der Waals surface area (Å²) >= 11 is 0. The number of fused-ring (bicyclic) bond motifs is 1. The van der Waals surface area contributed by atoms with Gasteiger partial charge in [-0.2, -0.15) is 5.10 Å². The van der Waals surface area contributed by atoms with E-state index in [-0.39, 0.29) is 17.7 Å². The molecular formula is C19H19F2N3O3. The van der Waals surface area contributed by atoms with Gasteiger partial charge in [-0.25, -0.2) is 13.6 Å². The number of hydrogen-bond acceptors (Lipinski definition) is 4. The third-order valence-corrected chi connectivity index (χ3v) is 4.58. The fourth-order valence-electron chi connectivity index (χ4n) is 3.21. The zero-order chi connectivity index (χ0) is 19.9. The van der Waals surface area contributed by atoms with E-state index in [1.165, 1.54) is 24.3 Å². The Kier molecular flexibility index (Phi) is 4.59. The molecule has 2 aromatic rings. The number of carbonyl (C=O) groups is 2. The molecule has 0 bridgehead atoms. The number of hydrogen-bond donors (Lipinski definition) is 1. The Bertz CT molecular complexity index is 963. The molecule has 142 valence electrons. The predicted octanol–water partition coefficient (Wildman–Crippen LogP) is 2.94. The number of halogens is 2. The van der Waals surface area contributed by atoms with Gasteiger partial charge >= 0.3 is 5.97 Å². The summed E-state index contributed by atoms with van der Waals surface area (Å²) in [6.45, 7) is 5.72. The lowest BCUT2D eigenvalue weighted by molar-refractivity contribution is -0.133. The highest BCUT2D eigenvalue weighted by atomic mass is 19.2. The van der Waals surface area contributed by atoms with Crippen LogP contribution in [-0.4, -0.2) is 40.6 Å². The number of amides is 1. The number of rotatable bonds is 2. The Morgan fingerprint density at radius 1 is 1.26 bits per heavy atom. The molecule has 0 fully saturated rings. The van der Waals surface area contributed by atoms with Crippen molar-refractivity contribution in [3.63, 3.8) is 0 Å². The Hall–Kier alpha value is -3.03. The average molecular weight is 375 g/mol. The number of esters is 1. The normalized spacial score (nSPS) is 15.6. The Balaban J connectivity index is 2.13. The average Bonchev–Trinajstić information content (AvgIpc) is 2.96. The van der Waals surface area contributed by atoms with Crippen molar-refractivity contribution in [2.75, 3.05) is 13.7 Å². The van der Waals surface area contributed by atoms with Gasteiger partial charge in [-0.15, -0.1) is 0 Å². The van der Waals surface area contributed by atoms with E-state index in [1.807, 2.05) is 13.8 Å². The number of aryl methyl sites for hydroxylation is 1. The smallest absolute Gasteiger partial charge is 0.340 e. The van der Waals surface area contributed by atoms with E-state index in [1.54, 1.807) is 6.92 Å². The highest BCUT2D eigenvalue weighted by Gasteiger charge is 2.37. The number of carbonyl (C=O) groups excluding carboxylic acids is 2. The molecule has 1 aliphatic rings. The first-order valence-electron chi connectivity index (χ1n) is 8.27. The fourth-order valence-corrected chi connectivity index (χ4v) is 3.21. The zero-order valence-corrected chi connectivity index (χ0v) is 15.4. The number of nitrogens with one attached hydrogen (secondary N) is 1. The summed E-state index contributed by atoms with van der Waals surface area (Å²) in [5.74, 6) is -3.33. The van der Waals surface area contributed by atoms with Crippen molar-refractivity contribution in [3.05, 3.63) is 58.5 Å². The lowest BCUT2D eigenvalue weighted by Gasteiger charge is -2.28. The first-order chi connectivity index (χ1) is 12.7. The second-order valence-electron chi connectivity index (χ2n) is 7.04. The third kappa shape index (κ3) is 3.22. The topological polar surface area (TPSA) is 75.3 Å². The summed E-state index contributed by atoms with van der Waals surface area (Å²) in [6, 6.07) is 2.94. The fraction of sp³-hybridized carbons (Fsp3) is 0.316. The molecule has 0 radical (unpaired) electrons. The van der Waals surface area contributed by atoms with Crippen molar-refractivity contribution in [2.24, 2.45) is 0 Å². The van der Waals surface area contributed by atoms with Gasteiger partial charge in [-0.1, -0.05) is 13.8 Å². The molecule has 27 heavy (non-hydrogen) atoms. The number of ether oxygens (including phenoxy) is 1. The van der Waals surface area contributed by atoms with Gasteiger partial charge in [0.2, 0.25) is 0 Å². The van der Waals surface area contributed by atoms with Gasteiger partial charge < -0.3 is 9.64 Å². The molecule has 0 aliphatic carbocycles. The minimum atomic E-state index is -1.11. The number of methoxy groups -OCH3 is 1. The summed E-state index contributed by atoms with van der Waals surface area (Å²) in [6.07, 6.45) is 1.38. The number of benzene rings is 1. The zero-order valence-electron chi connectivity index (χ0n) is 15.4. The van der Waals surface area contributed by atoms with Crippen LogP contribution in [0.4, 0.5) is 8.78 Å². The number of nitrogens with zero attached hydrogens (tertiary/aromatic N) is 2. The van der Waals surface area contributed by atoms with Crippen LogP contribution in [0, 0.1) is 18.6 Å². The summed E-state index contributed by atoms with van der Waals surface area (Å²) in [5.41, 5.74) is 1.42.